The van der Waals surface area contributed by atoms with Crippen LogP contribution >= 0.6 is 35.6 Å². The Morgan fingerprint density at radius 2 is 1.67 bits per heavy atom. The monoisotopic (exact) mass is 463 g/mol. The highest BCUT2D eigenvalue weighted by molar-refractivity contribution is 6.35. The molecule has 0 aliphatic rings. The van der Waals surface area contributed by atoms with E-state index in [1.54, 1.807) is 6.07 Å². The molecule has 0 saturated heterocycles. The van der Waals surface area contributed by atoms with E-state index in [-0.39, 0.29) is 18.4 Å². The van der Waals surface area contributed by atoms with Gasteiger partial charge in [0.1, 0.15) is 12.4 Å². The Balaban J connectivity index is 0.00000320. The summed E-state index contributed by atoms with van der Waals surface area (Å²) in [6, 6.07) is 22.8. The van der Waals surface area contributed by atoms with Crippen molar-refractivity contribution in [2.24, 2.45) is 0 Å². The average Bonchev–Trinajstić information content (AvgIpc) is 2.72. The molecule has 5 heteroatoms. The summed E-state index contributed by atoms with van der Waals surface area (Å²) in [5.74, 6) is 0.687. The fraction of sp³-hybridized carbons (Fsp3) is 0.280. The third-order valence-electron chi connectivity index (χ3n) is 4.91. The van der Waals surface area contributed by atoms with Crippen molar-refractivity contribution in [3.63, 3.8) is 0 Å². The van der Waals surface area contributed by atoms with E-state index in [1.807, 2.05) is 12.1 Å². The Labute approximate surface area is 196 Å². The SMILES string of the molecule is CCCC(NCc1cc(Cl)cc(Cl)c1OCc1ccc(C)cc1)c1ccccc1.Cl. The minimum atomic E-state index is 0. The fourth-order valence-electron chi connectivity index (χ4n) is 3.34. The van der Waals surface area contributed by atoms with E-state index in [4.69, 9.17) is 27.9 Å². The van der Waals surface area contributed by atoms with Gasteiger partial charge in [0.05, 0.1) is 5.02 Å². The molecule has 0 amide bonds. The standard InChI is InChI=1S/C25H27Cl2NO.ClH/c1-3-7-24(20-8-5-4-6-9-20)28-16-21-14-22(26)15-23(27)25(21)29-17-19-12-10-18(2)11-13-19;/h4-6,8-15,24,28H,3,7,16-17H2,1-2H3;1H. The molecule has 0 aromatic heterocycles. The number of benzene rings is 3. The van der Waals surface area contributed by atoms with E-state index in [0.29, 0.717) is 28.9 Å². The summed E-state index contributed by atoms with van der Waals surface area (Å²) in [5.41, 5.74) is 4.58. The number of nitrogens with one attached hydrogen (secondary N) is 1. The highest BCUT2D eigenvalue weighted by Crippen LogP contribution is 2.34. The van der Waals surface area contributed by atoms with Crippen LogP contribution < -0.4 is 10.1 Å². The lowest BCUT2D eigenvalue weighted by molar-refractivity contribution is 0.301. The first-order valence-corrected chi connectivity index (χ1v) is 10.8. The average molecular weight is 465 g/mol. The molecule has 0 heterocycles. The van der Waals surface area contributed by atoms with Gasteiger partial charge in [-0.2, -0.15) is 0 Å². The highest BCUT2D eigenvalue weighted by Gasteiger charge is 2.15. The smallest absolute Gasteiger partial charge is 0.142 e. The maximum Gasteiger partial charge on any atom is 0.142 e. The molecule has 3 rings (SSSR count). The quantitative estimate of drug-likeness (QED) is 0.347. The topological polar surface area (TPSA) is 21.3 Å². The Hall–Kier alpha value is -1.71. The first-order chi connectivity index (χ1) is 14.1. The van der Waals surface area contributed by atoms with Crippen LogP contribution in [0, 0.1) is 6.92 Å². The molecule has 1 atom stereocenters. The van der Waals surface area contributed by atoms with E-state index in [1.165, 1.54) is 11.1 Å². The minimum absolute atomic E-state index is 0. The van der Waals surface area contributed by atoms with Gasteiger partial charge in [-0.3, -0.25) is 0 Å². The van der Waals surface area contributed by atoms with Crippen molar-refractivity contribution >= 4 is 35.6 Å². The molecule has 160 valence electrons. The maximum absolute atomic E-state index is 6.48. The van der Waals surface area contributed by atoms with Gasteiger partial charge in [-0.05, 0) is 36.6 Å². The summed E-state index contributed by atoms with van der Waals surface area (Å²) >= 11 is 12.8. The fourth-order valence-corrected chi connectivity index (χ4v) is 3.93. The van der Waals surface area contributed by atoms with E-state index in [0.717, 1.165) is 24.0 Å². The van der Waals surface area contributed by atoms with Crippen molar-refractivity contribution in [1.82, 2.24) is 5.32 Å². The van der Waals surface area contributed by atoms with Crippen molar-refractivity contribution in [2.75, 3.05) is 0 Å². The van der Waals surface area contributed by atoms with Crippen LogP contribution in [0.25, 0.3) is 0 Å². The summed E-state index contributed by atoms with van der Waals surface area (Å²) in [5, 5.41) is 4.80. The molecule has 0 spiro atoms. The van der Waals surface area contributed by atoms with Gasteiger partial charge in [0.2, 0.25) is 0 Å². The van der Waals surface area contributed by atoms with Gasteiger partial charge in [-0.15, -0.1) is 12.4 Å². The Kier molecular flexibility index (Phi) is 10.0. The van der Waals surface area contributed by atoms with Crippen LogP contribution in [0.5, 0.6) is 5.75 Å². The van der Waals surface area contributed by atoms with Crippen LogP contribution in [-0.4, -0.2) is 0 Å². The molecular formula is C25H28Cl3NO. The minimum Gasteiger partial charge on any atom is -0.487 e. The maximum atomic E-state index is 6.48. The van der Waals surface area contributed by atoms with Gasteiger partial charge in [0.25, 0.3) is 0 Å². The number of halogens is 3. The van der Waals surface area contributed by atoms with Crippen molar-refractivity contribution in [1.29, 1.82) is 0 Å². The molecule has 0 radical (unpaired) electrons. The van der Waals surface area contributed by atoms with Gasteiger partial charge in [-0.1, -0.05) is 96.7 Å². The van der Waals surface area contributed by atoms with Crippen LogP contribution in [-0.2, 0) is 13.2 Å². The first kappa shape index (κ1) is 24.6. The summed E-state index contributed by atoms with van der Waals surface area (Å²) in [6.07, 6.45) is 2.15. The molecule has 0 bridgehead atoms. The van der Waals surface area contributed by atoms with Crippen molar-refractivity contribution in [2.45, 2.75) is 45.9 Å². The molecule has 0 aliphatic carbocycles. The van der Waals surface area contributed by atoms with Gasteiger partial charge < -0.3 is 10.1 Å². The third kappa shape index (κ3) is 6.92. The Bertz CT molecular complexity index is 914. The lowest BCUT2D eigenvalue weighted by Crippen LogP contribution is -2.21. The Morgan fingerprint density at radius 3 is 2.33 bits per heavy atom. The zero-order chi connectivity index (χ0) is 20.6. The van der Waals surface area contributed by atoms with E-state index >= 15 is 0 Å². The summed E-state index contributed by atoms with van der Waals surface area (Å²) in [7, 11) is 0. The largest absolute Gasteiger partial charge is 0.487 e. The lowest BCUT2D eigenvalue weighted by Gasteiger charge is -2.21. The van der Waals surface area contributed by atoms with E-state index in [9.17, 15) is 0 Å². The second-order valence-corrected chi connectivity index (χ2v) is 8.13. The Morgan fingerprint density at radius 1 is 0.967 bits per heavy atom. The molecule has 0 fully saturated rings. The summed E-state index contributed by atoms with van der Waals surface area (Å²) in [4.78, 5) is 0. The predicted octanol–water partition coefficient (Wildman–Crippen LogP) is 7.93. The normalized spacial score (nSPS) is 11.6. The third-order valence-corrected chi connectivity index (χ3v) is 5.41. The van der Waals surface area contributed by atoms with Crippen molar-refractivity contribution in [3.05, 3.63) is 99.0 Å². The summed E-state index contributed by atoms with van der Waals surface area (Å²) < 4.78 is 6.12. The zero-order valence-corrected chi connectivity index (χ0v) is 19.7. The number of ether oxygens (including phenoxy) is 1. The zero-order valence-electron chi connectivity index (χ0n) is 17.3. The molecule has 3 aromatic rings. The van der Waals surface area contributed by atoms with Crippen molar-refractivity contribution < 1.29 is 4.74 Å². The molecule has 1 unspecified atom stereocenters. The number of aryl methyl sites for hydroxylation is 1. The van der Waals surface area contributed by atoms with Crippen LogP contribution in [0.2, 0.25) is 10.0 Å². The van der Waals surface area contributed by atoms with E-state index < -0.39 is 0 Å². The molecule has 0 saturated carbocycles. The second kappa shape index (κ2) is 12.2. The number of rotatable bonds is 9. The predicted molar refractivity (Wildman–Crippen MR) is 130 cm³/mol. The number of hydrogen-bond donors (Lipinski definition) is 1. The highest BCUT2D eigenvalue weighted by atomic mass is 35.5. The first-order valence-electron chi connectivity index (χ1n) is 10.0. The molecule has 3 aromatic carbocycles. The van der Waals surface area contributed by atoms with Crippen LogP contribution in [0.4, 0.5) is 0 Å². The van der Waals surface area contributed by atoms with Crippen LogP contribution in [0.1, 0.15) is 48.1 Å². The van der Waals surface area contributed by atoms with E-state index in [2.05, 4.69) is 67.7 Å². The molecular weight excluding hydrogens is 437 g/mol. The molecule has 0 aliphatic heterocycles. The van der Waals surface area contributed by atoms with Gasteiger partial charge in [-0.25, -0.2) is 0 Å². The molecule has 1 N–H and O–H groups in total. The van der Waals surface area contributed by atoms with Crippen LogP contribution in [0.15, 0.2) is 66.7 Å². The van der Waals surface area contributed by atoms with Gasteiger partial charge in [0, 0.05) is 23.2 Å². The summed E-state index contributed by atoms with van der Waals surface area (Å²) in [6.45, 7) is 5.36. The lowest BCUT2D eigenvalue weighted by atomic mass is 10.0. The second-order valence-electron chi connectivity index (χ2n) is 7.28. The van der Waals surface area contributed by atoms with Crippen molar-refractivity contribution in [3.8, 4) is 5.75 Å². The molecule has 30 heavy (non-hydrogen) atoms. The number of hydrogen-bond acceptors (Lipinski definition) is 2. The van der Waals surface area contributed by atoms with Gasteiger partial charge in [0.15, 0.2) is 0 Å². The van der Waals surface area contributed by atoms with Crippen LogP contribution in [0.3, 0.4) is 0 Å². The molecule has 2 nitrogen and oxygen atoms in total. The van der Waals surface area contributed by atoms with Gasteiger partial charge >= 0.3 is 0 Å².